The molecular weight excluding hydrogens is 334 g/mol. The highest BCUT2D eigenvalue weighted by atomic mass is 32.1. The van der Waals surface area contributed by atoms with E-state index < -0.39 is 0 Å². The van der Waals surface area contributed by atoms with Gasteiger partial charge in [-0.25, -0.2) is 0 Å². The molecule has 6 nitrogen and oxygen atoms in total. The summed E-state index contributed by atoms with van der Waals surface area (Å²) >= 11 is 1.54. The molecule has 3 aromatic rings. The minimum absolute atomic E-state index is 0.459. The van der Waals surface area contributed by atoms with Crippen LogP contribution in [0.4, 0.5) is 0 Å². The summed E-state index contributed by atoms with van der Waals surface area (Å²) in [4.78, 5) is 3.30. The topological polar surface area (TPSA) is 55.6 Å². The predicted octanol–water partition coefficient (Wildman–Crippen LogP) is 3.45. The zero-order valence-electron chi connectivity index (χ0n) is 14.5. The molecule has 132 valence electrons. The first-order valence-corrected chi connectivity index (χ1v) is 9.71. The molecule has 0 bridgehead atoms. The van der Waals surface area contributed by atoms with Crippen LogP contribution < -0.4 is 4.74 Å². The van der Waals surface area contributed by atoms with Gasteiger partial charge in [0.15, 0.2) is 10.8 Å². The quantitative estimate of drug-likeness (QED) is 0.700. The Hall–Kier alpha value is -1.99. The van der Waals surface area contributed by atoms with Gasteiger partial charge in [0, 0.05) is 0 Å². The molecule has 0 saturated carbocycles. The molecule has 1 aliphatic rings. The fourth-order valence-corrected chi connectivity index (χ4v) is 3.89. The molecule has 0 radical (unpaired) electrons. The normalized spacial score (nSPS) is 16.2. The minimum atomic E-state index is 0.459. The van der Waals surface area contributed by atoms with Gasteiger partial charge in [0.25, 0.3) is 0 Å². The highest BCUT2D eigenvalue weighted by molar-refractivity contribution is 7.16. The standard InChI is InChI=1S/C18H23N5OS/c1-14-6-8-15(9-7-14)24-13-17-21-23-16(19-20-18(23)25-17)12-22-10-4-2-3-5-11-22/h6-9H,2-5,10-13H2,1H3. The van der Waals surface area contributed by atoms with E-state index in [2.05, 4.69) is 27.1 Å². The number of likely N-dealkylation sites (tertiary alicyclic amines) is 1. The van der Waals surface area contributed by atoms with Gasteiger partial charge in [0.1, 0.15) is 12.4 Å². The van der Waals surface area contributed by atoms with E-state index in [1.165, 1.54) is 31.2 Å². The van der Waals surface area contributed by atoms with E-state index in [1.54, 1.807) is 11.3 Å². The number of fused-ring (bicyclic) bond motifs is 1. The molecule has 0 N–H and O–H groups in total. The molecule has 2 aromatic heterocycles. The minimum Gasteiger partial charge on any atom is -0.486 e. The Morgan fingerprint density at radius 3 is 2.56 bits per heavy atom. The Morgan fingerprint density at radius 1 is 1.04 bits per heavy atom. The first kappa shape index (κ1) is 16.5. The van der Waals surface area contributed by atoms with Crippen LogP contribution in [0.1, 0.15) is 42.1 Å². The van der Waals surface area contributed by atoms with Crippen molar-refractivity contribution in [2.45, 2.75) is 45.8 Å². The second-order valence-electron chi connectivity index (χ2n) is 6.60. The SMILES string of the molecule is Cc1ccc(OCc2nn3c(CN4CCCCCC4)nnc3s2)cc1. The molecule has 4 rings (SSSR count). The molecule has 1 saturated heterocycles. The van der Waals surface area contributed by atoms with E-state index in [9.17, 15) is 0 Å². The van der Waals surface area contributed by atoms with Crippen LogP contribution in [0.3, 0.4) is 0 Å². The maximum Gasteiger partial charge on any atom is 0.234 e. The van der Waals surface area contributed by atoms with E-state index in [0.29, 0.717) is 6.61 Å². The Balaban J connectivity index is 1.43. The maximum atomic E-state index is 5.83. The molecule has 1 fully saturated rings. The van der Waals surface area contributed by atoms with Crippen molar-refractivity contribution in [2.24, 2.45) is 0 Å². The van der Waals surface area contributed by atoms with Crippen molar-refractivity contribution in [1.29, 1.82) is 0 Å². The Bertz CT molecular complexity index is 818. The van der Waals surface area contributed by atoms with E-state index in [4.69, 9.17) is 4.74 Å². The van der Waals surface area contributed by atoms with Crippen molar-refractivity contribution < 1.29 is 4.74 Å². The van der Waals surface area contributed by atoms with E-state index >= 15 is 0 Å². The highest BCUT2D eigenvalue weighted by Gasteiger charge is 2.16. The van der Waals surface area contributed by atoms with Crippen molar-refractivity contribution >= 4 is 16.3 Å². The highest BCUT2D eigenvalue weighted by Crippen LogP contribution is 2.19. The van der Waals surface area contributed by atoms with E-state index in [1.807, 2.05) is 28.8 Å². The average molecular weight is 357 g/mol. The van der Waals surface area contributed by atoms with Gasteiger partial charge in [-0.3, -0.25) is 4.90 Å². The predicted molar refractivity (Wildman–Crippen MR) is 97.9 cm³/mol. The van der Waals surface area contributed by atoms with Crippen LogP contribution in [0.2, 0.25) is 0 Å². The van der Waals surface area contributed by atoms with Gasteiger partial charge >= 0.3 is 0 Å². The lowest BCUT2D eigenvalue weighted by Gasteiger charge is -2.17. The van der Waals surface area contributed by atoms with Gasteiger partial charge < -0.3 is 4.74 Å². The average Bonchev–Trinajstić information content (AvgIpc) is 3.07. The fourth-order valence-electron chi connectivity index (χ4n) is 3.13. The van der Waals surface area contributed by atoms with Gasteiger partial charge in [-0.1, -0.05) is 41.9 Å². The number of nitrogens with zero attached hydrogens (tertiary/aromatic N) is 5. The third kappa shape index (κ3) is 3.99. The third-order valence-electron chi connectivity index (χ3n) is 4.54. The summed E-state index contributed by atoms with van der Waals surface area (Å²) in [5.74, 6) is 1.79. The lowest BCUT2D eigenvalue weighted by Crippen LogP contribution is -2.25. The molecule has 1 aliphatic heterocycles. The summed E-state index contributed by atoms with van der Waals surface area (Å²) in [5.41, 5.74) is 1.23. The summed E-state index contributed by atoms with van der Waals surface area (Å²) < 4.78 is 7.71. The number of ether oxygens (including phenoxy) is 1. The Kier molecular flexibility index (Phi) is 4.94. The van der Waals surface area contributed by atoms with Crippen LogP contribution in [-0.2, 0) is 13.2 Å². The van der Waals surface area contributed by atoms with E-state index in [-0.39, 0.29) is 0 Å². The Labute approximate surface area is 151 Å². The van der Waals surface area contributed by atoms with Crippen molar-refractivity contribution in [2.75, 3.05) is 13.1 Å². The molecule has 25 heavy (non-hydrogen) atoms. The molecule has 3 heterocycles. The Morgan fingerprint density at radius 2 is 1.80 bits per heavy atom. The first-order chi connectivity index (χ1) is 12.3. The van der Waals surface area contributed by atoms with Crippen molar-refractivity contribution in [3.63, 3.8) is 0 Å². The molecule has 0 aliphatic carbocycles. The second kappa shape index (κ2) is 7.49. The van der Waals surface area contributed by atoms with Gasteiger partial charge in [-0.2, -0.15) is 9.61 Å². The number of aryl methyl sites for hydroxylation is 1. The second-order valence-corrected chi connectivity index (χ2v) is 7.64. The van der Waals surface area contributed by atoms with Gasteiger partial charge in [0.2, 0.25) is 4.96 Å². The van der Waals surface area contributed by atoms with Crippen molar-refractivity contribution in [1.82, 2.24) is 24.7 Å². The largest absolute Gasteiger partial charge is 0.486 e. The molecule has 0 amide bonds. The molecule has 0 spiro atoms. The van der Waals surface area contributed by atoms with Gasteiger partial charge in [-0.15, -0.1) is 10.2 Å². The monoisotopic (exact) mass is 357 g/mol. The fraction of sp³-hybridized carbons (Fsp3) is 0.500. The number of aromatic nitrogens is 4. The van der Waals surface area contributed by atoms with Crippen LogP contribution in [0.15, 0.2) is 24.3 Å². The summed E-state index contributed by atoms with van der Waals surface area (Å²) in [6, 6.07) is 8.07. The number of rotatable bonds is 5. The van der Waals surface area contributed by atoms with Crippen molar-refractivity contribution in [3.8, 4) is 5.75 Å². The van der Waals surface area contributed by atoms with Crippen LogP contribution in [0.25, 0.3) is 4.96 Å². The van der Waals surface area contributed by atoms with Gasteiger partial charge in [0.05, 0.1) is 6.54 Å². The molecular formula is C18H23N5OS. The molecule has 0 atom stereocenters. The maximum absolute atomic E-state index is 5.83. The van der Waals surface area contributed by atoms with E-state index in [0.717, 1.165) is 41.2 Å². The van der Waals surface area contributed by atoms with Crippen LogP contribution >= 0.6 is 11.3 Å². The number of benzene rings is 1. The molecule has 7 heteroatoms. The summed E-state index contributed by atoms with van der Waals surface area (Å²) in [6.07, 6.45) is 5.22. The molecule has 1 aromatic carbocycles. The zero-order valence-corrected chi connectivity index (χ0v) is 15.3. The lowest BCUT2D eigenvalue weighted by atomic mass is 10.2. The summed E-state index contributed by atoms with van der Waals surface area (Å²) in [5, 5.41) is 14.2. The summed E-state index contributed by atoms with van der Waals surface area (Å²) in [7, 11) is 0. The van der Waals surface area contributed by atoms with Crippen LogP contribution in [-0.4, -0.2) is 37.8 Å². The van der Waals surface area contributed by atoms with Crippen molar-refractivity contribution in [3.05, 3.63) is 40.7 Å². The lowest BCUT2D eigenvalue weighted by molar-refractivity contribution is 0.267. The smallest absolute Gasteiger partial charge is 0.234 e. The van der Waals surface area contributed by atoms with Crippen LogP contribution in [0.5, 0.6) is 5.75 Å². The van der Waals surface area contributed by atoms with Crippen LogP contribution in [0, 0.1) is 6.92 Å². The zero-order chi connectivity index (χ0) is 17.1. The third-order valence-corrected chi connectivity index (χ3v) is 5.42. The number of hydrogen-bond acceptors (Lipinski definition) is 6. The van der Waals surface area contributed by atoms with Gasteiger partial charge in [-0.05, 0) is 45.0 Å². The summed E-state index contributed by atoms with van der Waals surface area (Å²) in [6.45, 7) is 5.63. The molecule has 0 unspecified atom stereocenters. The number of hydrogen-bond donors (Lipinski definition) is 0. The first-order valence-electron chi connectivity index (χ1n) is 8.90.